The Morgan fingerprint density at radius 3 is 2.57 bits per heavy atom. The van der Waals surface area contributed by atoms with Gasteiger partial charge in [-0.15, -0.1) is 12.4 Å². The lowest BCUT2D eigenvalue weighted by Gasteiger charge is -2.25. The minimum atomic E-state index is 0. The molecular formula is C17H27ClN2O. The number of benzene rings is 1. The second-order valence-corrected chi connectivity index (χ2v) is 6.03. The Labute approximate surface area is 134 Å². The number of carbonyl (C=O) groups is 1. The molecule has 2 atom stereocenters. The molecule has 3 N–H and O–H groups in total. The van der Waals surface area contributed by atoms with Crippen LogP contribution in [0, 0.1) is 19.8 Å². The van der Waals surface area contributed by atoms with Crippen LogP contribution < -0.4 is 11.1 Å². The van der Waals surface area contributed by atoms with Gasteiger partial charge in [0.15, 0.2) is 0 Å². The summed E-state index contributed by atoms with van der Waals surface area (Å²) in [5.41, 5.74) is 9.91. The van der Waals surface area contributed by atoms with Crippen LogP contribution in [0.5, 0.6) is 0 Å². The highest BCUT2D eigenvalue weighted by molar-refractivity contribution is 5.85. The van der Waals surface area contributed by atoms with Crippen molar-refractivity contribution in [3.63, 3.8) is 0 Å². The second-order valence-electron chi connectivity index (χ2n) is 6.03. The second kappa shape index (κ2) is 8.40. The molecule has 0 heterocycles. The predicted octanol–water partition coefficient (Wildman–Crippen LogP) is 2.90. The van der Waals surface area contributed by atoms with Gasteiger partial charge < -0.3 is 11.1 Å². The molecule has 0 saturated heterocycles. The van der Waals surface area contributed by atoms with Crippen LogP contribution in [-0.4, -0.2) is 18.5 Å². The van der Waals surface area contributed by atoms with Crippen molar-refractivity contribution in [2.24, 2.45) is 11.7 Å². The van der Waals surface area contributed by atoms with E-state index in [-0.39, 0.29) is 30.3 Å². The normalized spacial score (nSPS) is 21.5. The monoisotopic (exact) mass is 310 g/mol. The number of aryl methyl sites for hydroxylation is 2. The number of rotatable bonds is 4. The highest BCUT2D eigenvalue weighted by Crippen LogP contribution is 2.23. The highest BCUT2D eigenvalue weighted by Gasteiger charge is 2.24. The molecule has 0 bridgehead atoms. The average Bonchev–Trinajstić information content (AvgIpc) is 2.42. The predicted molar refractivity (Wildman–Crippen MR) is 89.8 cm³/mol. The molecule has 1 aromatic carbocycles. The van der Waals surface area contributed by atoms with Crippen LogP contribution in [0.3, 0.4) is 0 Å². The van der Waals surface area contributed by atoms with E-state index in [1.165, 1.54) is 16.7 Å². The molecule has 3 nitrogen and oxygen atoms in total. The van der Waals surface area contributed by atoms with Gasteiger partial charge in [-0.3, -0.25) is 4.79 Å². The van der Waals surface area contributed by atoms with E-state index in [2.05, 4.69) is 37.4 Å². The molecule has 1 saturated carbocycles. The Bertz CT molecular complexity index is 456. The zero-order valence-corrected chi connectivity index (χ0v) is 13.8. The minimum absolute atomic E-state index is 0. The van der Waals surface area contributed by atoms with Crippen molar-refractivity contribution in [3.05, 3.63) is 34.9 Å². The fourth-order valence-corrected chi connectivity index (χ4v) is 3.16. The van der Waals surface area contributed by atoms with Gasteiger partial charge in [-0.1, -0.05) is 24.6 Å². The third-order valence-corrected chi connectivity index (χ3v) is 4.40. The third kappa shape index (κ3) is 5.01. The zero-order chi connectivity index (χ0) is 14.5. The summed E-state index contributed by atoms with van der Waals surface area (Å²) in [7, 11) is 0. The molecule has 2 unspecified atom stereocenters. The number of amides is 1. The van der Waals surface area contributed by atoms with Gasteiger partial charge in [0.25, 0.3) is 0 Å². The van der Waals surface area contributed by atoms with Crippen LogP contribution >= 0.6 is 12.4 Å². The summed E-state index contributed by atoms with van der Waals surface area (Å²) >= 11 is 0. The maximum atomic E-state index is 12.1. The molecule has 21 heavy (non-hydrogen) atoms. The standard InChI is InChI=1S/C17H26N2O.ClH/c1-12-5-3-6-13(2)16(12)9-10-19-17(20)14-7-4-8-15(18)11-14;/h3,5-6,14-15H,4,7-11,18H2,1-2H3,(H,19,20);1H. The molecule has 118 valence electrons. The topological polar surface area (TPSA) is 55.1 Å². The van der Waals surface area contributed by atoms with E-state index in [0.29, 0.717) is 0 Å². The van der Waals surface area contributed by atoms with Crippen LogP contribution in [0.1, 0.15) is 42.4 Å². The number of carbonyl (C=O) groups excluding carboxylic acids is 1. The summed E-state index contributed by atoms with van der Waals surface area (Å²) in [6.07, 6.45) is 4.88. The zero-order valence-electron chi connectivity index (χ0n) is 13.0. The van der Waals surface area contributed by atoms with Crippen molar-refractivity contribution in [1.29, 1.82) is 0 Å². The summed E-state index contributed by atoms with van der Waals surface area (Å²) in [5.74, 6) is 0.308. The Kier molecular flexibility index (Phi) is 7.20. The fraction of sp³-hybridized carbons (Fsp3) is 0.588. The molecule has 0 aliphatic heterocycles. The quantitative estimate of drug-likeness (QED) is 0.898. The van der Waals surface area contributed by atoms with Gasteiger partial charge >= 0.3 is 0 Å². The lowest BCUT2D eigenvalue weighted by atomic mass is 9.85. The first-order valence-corrected chi connectivity index (χ1v) is 7.66. The molecule has 0 spiro atoms. The number of nitrogens with two attached hydrogens (primary N) is 1. The molecule has 2 rings (SSSR count). The molecule has 4 heteroatoms. The highest BCUT2D eigenvalue weighted by atomic mass is 35.5. The maximum absolute atomic E-state index is 12.1. The van der Waals surface area contributed by atoms with Crippen molar-refractivity contribution < 1.29 is 4.79 Å². The number of hydrogen-bond acceptors (Lipinski definition) is 2. The molecule has 1 aliphatic carbocycles. The van der Waals surface area contributed by atoms with Crippen molar-refractivity contribution in [2.75, 3.05) is 6.54 Å². The lowest BCUT2D eigenvalue weighted by molar-refractivity contribution is -0.126. The van der Waals surface area contributed by atoms with Crippen LogP contribution in [0.15, 0.2) is 18.2 Å². The fourth-order valence-electron chi connectivity index (χ4n) is 3.16. The summed E-state index contributed by atoms with van der Waals surface area (Å²) in [6.45, 7) is 4.98. The van der Waals surface area contributed by atoms with Gasteiger partial charge in [0.05, 0.1) is 0 Å². The molecule has 0 radical (unpaired) electrons. The molecular weight excluding hydrogens is 284 g/mol. The Morgan fingerprint density at radius 2 is 1.95 bits per heavy atom. The first-order chi connectivity index (χ1) is 9.58. The summed E-state index contributed by atoms with van der Waals surface area (Å²) in [5, 5.41) is 3.08. The van der Waals surface area contributed by atoms with E-state index in [1.54, 1.807) is 0 Å². The summed E-state index contributed by atoms with van der Waals surface area (Å²) in [4.78, 5) is 12.1. The molecule has 1 aliphatic rings. The van der Waals surface area contributed by atoms with E-state index >= 15 is 0 Å². The summed E-state index contributed by atoms with van der Waals surface area (Å²) in [6, 6.07) is 6.54. The maximum Gasteiger partial charge on any atom is 0.223 e. The third-order valence-electron chi connectivity index (χ3n) is 4.40. The largest absolute Gasteiger partial charge is 0.356 e. The van der Waals surface area contributed by atoms with E-state index in [4.69, 9.17) is 5.73 Å². The van der Waals surface area contributed by atoms with Crippen LogP contribution in [0.25, 0.3) is 0 Å². The molecule has 1 amide bonds. The van der Waals surface area contributed by atoms with Crippen molar-refractivity contribution in [3.8, 4) is 0 Å². The molecule has 1 fully saturated rings. The van der Waals surface area contributed by atoms with E-state index < -0.39 is 0 Å². The van der Waals surface area contributed by atoms with Gasteiger partial charge in [0, 0.05) is 18.5 Å². The first-order valence-electron chi connectivity index (χ1n) is 7.66. The minimum Gasteiger partial charge on any atom is -0.356 e. The number of hydrogen-bond donors (Lipinski definition) is 2. The number of nitrogens with one attached hydrogen (secondary N) is 1. The Morgan fingerprint density at radius 1 is 1.29 bits per heavy atom. The van der Waals surface area contributed by atoms with Gasteiger partial charge in [-0.05, 0) is 56.2 Å². The van der Waals surface area contributed by atoms with Crippen molar-refractivity contribution in [1.82, 2.24) is 5.32 Å². The van der Waals surface area contributed by atoms with Crippen molar-refractivity contribution >= 4 is 18.3 Å². The first kappa shape index (κ1) is 18.0. The Balaban J connectivity index is 0.00000220. The van der Waals surface area contributed by atoms with Crippen LogP contribution in [0.2, 0.25) is 0 Å². The smallest absolute Gasteiger partial charge is 0.223 e. The lowest BCUT2D eigenvalue weighted by Crippen LogP contribution is -2.38. The SMILES string of the molecule is Cc1cccc(C)c1CCNC(=O)C1CCCC(N)C1.Cl. The van der Waals surface area contributed by atoms with Gasteiger partial charge in [-0.2, -0.15) is 0 Å². The summed E-state index contributed by atoms with van der Waals surface area (Å²) < 4.78 is 0. The van der Waals surface area contributed by atoms with Crippen LogP contribution in [-0.2, 0) is 11.2 Å². The van der Waals surface area contributed by atoms with E-state index in [0.717, 1.165) is 38.6 Å². The Hall–Kier alpha value is -1.06. The van der Waals surface area contributed by atoms with Crippen molar-refractivity contribution in [2.45, 2.75) is 52.0 Å². The van der Waals surface area contributed by atoms with Gasteiger partial charge in [0.2, 0.25) is 5.91 Å². The van der Waals surface area contributed by atoms with Crippen LogP contribution in [0.4, 0.5) is 0 Å². The molecule has 0 aromatic heterocycles. The van der Waals surface area contributed by atoms with Gasteiger partial charge in [0.1, 0.15) is 0 Å². The van der Waals surface area contributed by atoms with Gasteiger partial charge in [-0.25, -0.2) is 0 Å². The van der Waals surface area contributed by atoms with E-state index in [9.17, 15) is 4.79 Å². The average molecular weight is 311 g/mol. The van der Waals surface area contributed by atoms with E-state index in [1.807, 2.05) is 0 Å². The molecule has 1 aromatic rings. The number of halogens is 1.